The molecular weight excluding hydrogens is 341 g/mol. The fourth-order valence-electron chi connectivity index (χ4n) is 2.98. The van der Waals surface area contributed by atoms with Crippen LogP contribution in [0.25, 0.3) is 0 Å². The van der Waals surface area contributed by atoms with Gasteiger partial charge in [-0.2, -0.15) is 13.2 Å². The number of fused-ring (bicyclic) bond motifs is 3. The molecule has 0 radical (unpaired) electrons. The van der Waals surface area contributed by atoms with Crippen LogP contribution < -0.4 is 10.2 Å². The lowest BCUT2D eigenvalue weighted by Crippen LogP contribution is -2.61. The minimum atomic E-state index is -4.53. The van der Waals surface area contributed by atoms with Crippen LogP contribution in [-0.4, -0.2) is 61.1 Å². The molecule has 0 bridgehead atoms. The Kier molecular flexibility index (Phi) is 4.55. The molecule has 0 spiro atoms. The van der Waals surface area contributed by atoms with Crippen LogP contribution in [0.2, 0.25) is 0 Å². The molecule has 1 N–H and O–H groups in total. The first-order chi connectivity index (χ1) is 11.8. The zero-order valence-corrected chi connectivity index (χ0v) is 13.5. The van der Waals surface area contributed by atoms with E-state index in [9.17, 15) is 22.8 Å². The Bertz CT molecular complexity index is 695. The standard InChI is InChI=1S/C15H17F3N4O3/c1-25-5-2-12(23)21-3-4-22-11(8-21)14(24)20-10-6-9(15(16,17)18)7-19-13(10)22/h6-7,11H,2-5,8H2,1H3,(H,20,24). The summed E-state index contributed by atoms with van der Waals surface area (Å²) >= 11 is 0. The number of methoxy groups -OCH3 is 1. The smallest absolute Gasteiger partial charge is 0.384 e. The van der Waals surface area contributed by atoms with Crippen molar-refractivity contribution in [3.05, 3.63) is 17.8 Å². The van der Waals surface area contributed by atoms with Gasteiger partial charge in [-0.1, -0.05) is 0 Å². The average Bonchev–Trinajstić information content (AvgIpc) is 2.58. The van der Waals surface area contributed by atoms with Crippen LogP contribution >= 0.6 is 0 Å². The van der Waals surface area contributed by atoms with Crippen molar-refractivity contribution < 1.29 is 27.5 Å². The van der Waals surface area contributed by atoms with E-state index in [1.807, 2.05) is 0 Å². The second kappa shape index (κ2) is 6.51. The van der Waals surface area contributed by atoms with Crippen molar-refractivity contribution in [3.8, 4) is 0 Å². The van der Waals surface area contributed by atoms with Crippen molar-refractivity contribution in [2.75, 3.05) is 43.6 Å². The van der Waals surface area contributed by atoms with Crippen molar-refractivity contribution in [1.29, 1.82) is 0 Å². The van der Waals surface area contributed by atoms with Crippen LogP contribution in [0.15, 0.2) is 12.3 Å². The third-order valence-corrected chi connectivity index (χ3v) is 4.28. The highest BCUT2D eigenvalue weighted by molar-refractivity contribution is 6.03. The molecule has 3 heterocycles. The van der Waals surface area contributed by atoms with Crippen LogP contribution in [0.1, 0.15) is 12.0 Å². The number of carbonyl (C=O) groups excluding carboxylic acids is 2. The lowest BCUT2D eigenvalue weighted by molar-refractivity contribution is -0.138. The Labute approximate surface area is 141 Å². The van der Waals surface area contributed by atoms with Crippen molar-refractivity contribution in [2.45, 2.75) is 18.6 Å². The van der Waals surface area contributed by atoms with Crippen molar-refractivity contribution >= 4 is 23.3 Å². The molecule has 1 fully saturated rings. The van der Waals surface area contributed by atoms with Crippen LogP contribution in [0.3, 0.4) is 0 Å². The summed E-state index contributed by atoms with van der Waals surface area (Å²) in [6, 6.07) is 0.212. The molecule has 0 aromatic carbocycles. The highest BCUT2D eigenvalue weighted by Gasteiger charge is 2.41. The number of alkyl halides is 3. The van der Waals surface area contributed by atoms with E-state index in [1.54, 1.807) is 9.80 Å². The molecule has 25 heavy (non-hydrogen) atoms. The molecule has 1 saturated heterocycles. The molecule has 0 saturated carbocycles. The number of hydrogen-bond donors (Lipinski definition) is 1. The lowest BCUT2D eigenvalue weighted by atomic mass is 10.1. The summed E-state index contributed by atoms with van der Waals surface area (Å²) in [5.74, 6) is -0.278. The third-order valence-electron chi connectivity index (χ3n) is 4.28. The molecule has 2 amide bonds. The Hall–Kier alpha value is -2.36. The Morgan fingerprint density at radius 1 is 1.44 bits per heavy atom. The van der Waals surface area contributed by atoms with Crippen LogP contribution in [0, 0.1) is 0 Å². The molecule has 0 aliphatic carbocycles. The predicted molar refractivity (Wildman–Crippen MR) is 82.1 cm³/mol. The molecule has 136 valence electrons. The molecular formula is C15H17F3N4O3. The third kappa shape index (κ3) is 3.39. The summed E-state index contributed by atoms with van der Waals surface area (Å²) in [7, 11) is 1.50. The van der Waals surface area contributed by atoms with Gasteiger partial charge in [0.05, 0.1) is 30.8 Å². The summed E-state index contributed by atoms with van der Waals surface area (Å²) in [4.78, 5) is 31.5. The maximum atomic E-state index is 12.8. The number of hydrogen-bond acceptors (Lipinski definition) is 5. The fraction of sp³-hybridized carbons (Fsp3) is 0.533. The van der Waals surface area contributed by atoms with Gasteiger partial charge < -0.3 is 19.9 Å². The largest absolute Gasteiger partial charge is 0.417 e. The SMILES string of the molecule is COCCC(=O)N1CCN2c3ncc(C(F)(F)F)cc3NC(=O)C2C1. The minimum Gasteiger partial charge on any atom is -0.384 e. The molecule has 7 nitrogen and oxygen atoms in total. The van der Waals surface area contributed by atoms with Crippen molar-refractivity contribution in [3.63, 3.8) is 0 Å². The molecule has 2 aliphatic heterocycles. The minimum absolute atomic E-state index is 0.0373. The second-order valence-corrected chi connectivity index (χ2v) is 5.87. The van der Waals surface area contributed by atoms with Crippen molar-refractivity contribution in [1.82, 2.24) is 9.88 Å². The Morgan fingerprint density at radius 2 is 2.20 bits per heavy atom. The van der Waals surface area contributed by atoms with E-state index in [0.717, 1.165) is 12.3 Å². The number of carbonyl (C=O) groups is 2. The quantitative estimate of drug-likeness (QED) is 0.876. The highest BCUT2D eigenvalue weighted by atomic mass is 19.4. The molecule has 1 unspecified atom stereocenters. The predicted octanol–water partition coefficient (Wildman–Crippen LogP) is 1.11. The number of ether oxygens (including phenoxy) is 1. The second-order valence-electron chi connectivity index (χ2n) is 5.87. The van der Waals surface area contributed by atoms with E-state index in [0.29, 0.717) is 25.5 Å². The lowest BCUT2D eigenvalue weighted by Gasteiger charge is -2.44. The molecule has 1 aromatic heterocycles. The van der Waals surface area contributed by atoms with Crippen LogP contribution in [0.4, 0.5) is 24.7 Å². The number of nitrogens with one attached hydrogen (secondary N) is 1. The van der Waals surface area contributed by atoms with E-state index in [1.165, 1.54) is 7.11 Å². The maximum Gasteiger partial charge on any atom is 0.417 e. The van der Waals surface area contributed by atoms with Gasteiger partial charge in [-0.15, -0.1) is 0 Å². The van der Waals surface area contributed by atoms with E-state index < -0.39 is 23.7 Å². The fourth-order valence-corrected chi connectivity index (χ4v) is 2.98. The Balaban J connectivity index is 1.80. The van der Waals surface area contributed by atoms with E-state index in [4.69, 9.17) is 4.74 Å². The summed E-state index contributed by atoms with van der Waals surface area (Å²) < 4.78 is 43.3. The number of amides is 2. The average molecular weight is 358 g/mol. The van der Waals surface area contributed by atoms with E-state index in [2.05, 4.69) is 10.3 Å². The van der Waals surface area contributed by atoms with Gasteiger partial charge in [0.1, 0.15) is 6.04 Å². The van der Waals surface area contributed by atoms with E-state index >= 15 is 0 Å². The van der Waals surface area contributed by atoms with Gasteiger partial charge >= 0.3 is 6.18 Å². The maximum absolute atomic E-state index is 12.8. The molecule has 1 aromatic rings. The number of piperazine rings is 1. The van der Waals surface area contributed by atoms with Gasteiger partial charge in [-0.25, -0.2) is 4.98 Å². The summed E-state index contributed by atoms with van der Waals surface area (Å²) in [6.45, 7) is 1.15. The van der Waals surface area contributed by atoms with Gasteiger partial charge in [0.25, 0.3) is 0 Å². The molecule has 2 aliphatic rings. The number of anilines is 2. The van der Waals surface area contributed by atoms with E-state index in [-0.39, 0.29) is 24.6 Å². The summed E-state index contributed by atoms with van der Waals surface area (Å²) in [6.07, 6.45) is -3.56. The number of halogens is 3. The van der Waals surface area contributed by atoms with Gasteiger partial charge in [0.2, 0.25) is 11.8 Å². The van der Waals surface area contributed by atoms with Crippen LogP contribution in [-0.2, 0) is 20.5 Å². The summed E-state index contributed by atoms with van der Waals surface area (Å²) in [5.41, 5.74) is -0.881. The Morgan fingerprint density at radius 3 is 2.88 bits per heavy atom. The zero-order chi connectivity index (χ0) is 18.2. The number of aromatic nitrogens is 1. The normalized spacial score (nSPS) is 20.0. The monoisotopic (exact) mass is 358 g/mol. The first-order valence-electron chi connectivity index (χ1n) is 7.72. The highest BCUT2D eigenvalue weighted by Crippen LogP contribution is 2.37. The first kappa shape index (κ1) is 17.5. The summed E-state index contributed by atoms with van der Waals surface area (Å²) in [5, 5.41) is 2.47. The van der Waals surface area contributed by atoms with Gasteiger partial charge in [0.15, 0.2) is 5.82 Å². The van der Waals surface area contributed by atoms with Gasteiger partial charge in [-0.05, 0) is 6.07 Å². The first-order valence-corrected chi connectivity index (χ1v) is 7.72. The van der Waals surface area contributed by atoms with Crippen LogP contribution in [0.5, 0.6) is 0 Å². The zero-order valence-electron chi connectivity index (χ0n) is 13.5. The van der Waals surface area contributed by atoms with Crippen molar-refractivity contribution in [2.24, 2.45) is 0 Å². The number of nitrogens with zero attached hydrogens (tertiary/aromatic N) is 3. The molecule has 10 heteroatoms. The molecule has 3 rings (SSSR count). The molecule has 1 atom stereocenters. The number of rotatable bonds is 3. The van der Waals surface area contributed by atoms with Gasteiger partial charge in [-0.3, -0.25) is 9.59 Å². The van der Waals surface area contributed by atoms with Gasteiger partial charge in [0, 0.05) is 26.4 Å². The number of pyridine rings is 1. The topological polar surface area (TPSA) is 74.8 Å².